The van der Waals surface area contributed by atoms with Crippen LogP contribution in [0.15, 0.2) is 70.3 Å². The smallest absolute Gasteiger partial charge is 0.290 e. The highest BCUT2D eigenvalue weighted by molar-refractivity contribution is 6.16. The second-order valence-corrected chi connectivity index (χ2v) is 7.87. The van der Waals surface area contributed by atoms with Crippen LogP contribution in [0.25, 0.3) is 11.0 Å². The van der Waals surface area contributed by atoms with Crippen molar-refractivity contribution in [2.75, 3.05) is 20.3 Å². The van der Waals surface area contributed by atoms with Crippen LogP contribution >= 0.6 is 0 Å². The van der Waals surface area contributed by atoms with Crippen molar-refractivity contribution in [2.24, 2.45) is 0 Å². The van der Waals surface area contributed by atoms with Gasteiger partial charge in [0.15, 0.2) is 11.5 Å². The van der Waals surface area contributed by atoms with Gasteiger partial charge in [0.2, 0.25) is 5.78 Å². The van der Waals surface area contributed by atoms with E-state index in [9.17, 15) is 14.7 Å². The second kappa shape index (κ2) is 8.88. The van der Waals surface area contributed by atoms with E-state index in [0.29, 0.717) is 16.9 Å². The number of carbonyl (C=O) groups is 2. The number of aliphatic hydroxyl groups excluding tert-OH is 1. The molecule has 0 radical (unpaired) electrons. The van der Waals surface area contributed by atoms with Crippen LogP contribution in [-0.2, 0) is 9.53 Å². The summed E-state index contributed by atoms with van der Waals surface area (Å²) in [6.45, 7) is 4.29. The third-order valence-electron chi connectivity index (χ3n) is 5.28. The lowest BCUT2D eigenvalue weighted by molar-refractivity contribution is -0.130. The predicted molar refractivity (Wildman–Crippen MR) is 119 cm³/mol. The van der Waals surface area contributed by atoms with Gasteiger partial charge in [-0.15, -0.1) is 0 Å². The van der Waals surface area contributed by atoms with E-state index in [2.05, 4.69) is 0 Å². The zero-order chi connectivity index (χ0) is 22.8. The Morgan fingerprint density at radius 2 is 1.94 bits per heavy atom. The molecule has 1 N–H and O–H groups in total. The summed E-state index contributed by atoms with van der Waals surface area (Å²) in [5, 5.41) is 11.5. The minimum absolute atomic E-state index is 0.0214. The molecule has 1 atom stereocenters. The van der Waals surface area contributed by atoms with E-state index < -0.39 is 23.5 Å². The van der Waals surface area contributed by atoms with Crippen molar-refractivity contribution in [1.29, 1.82) is 0 Å². The number of Topliss-reactive ketones (excluding diaryl/α,β-unsaturated/α-hetero) is 1. The molecule has 1 amide bonds. The molecule has 2 aromatic carbocycles. The van der Waals surface area contributed by atoms with Crippen LogP contribution < -0.4 is 4.74 Å². The number of ether oxygens (including phenoxy) is 2. The molecule has 0 saturated carbocycles. The minimum atomic E-state index is -0.797. The molecule has 0 fully saturated rings. The third kappa shape index (κ3) is 3.99. The number of methoxy groups -OCH3 is 1. The van der Waals surface area contributed by atoms with Gasteiger partial charge in [-0.3, -0.25) is 9.59 Å². The molecule has 7 heteroatoms. The number of aliphatic hydroxyl groups is 1. The van der Waals surface area contributed by atoms with E-state index in [1.807, 2.05) is 38.1 Å². The lowest BCUT2D eigenvalue weighted by Crippen LogP contribution is -2.34. The van der Waals surface area contributed by atoms with E-state index in [1.165, 1.54) is 12.0 Å². The normalized spacial score (nSPS) is 16.4. The average molecular weight is 435 g/mol. The fourth-order valence-electron chi connectivity index (χ4n) is 3.91. The van der Waals surface area contributed by atoms with Gasteiger partial charge in [0.05, 0.1) is 24.3 Å². The number of benzene rings is 2. The SMILES string of the molecule is COCCN1C(=O)C(O)=C(C(=O)c2cc3ccccc3o2)C1c1cccc(OC(C)C)c1. The van der Waals surface area contributed by atoms with Gasteiger partial charge in [0, 0.05) is 19.0 Å². The summed E-state index contributed by atoms with van der Waals surface area (Å²) >= 11 is 0. The summed E-state index contributed by atoms with van der Waals surface area (Å²) in [5.41, 5.74) is 1.18. The minimum Gasteiger partial charge on any atom is -0.503 e. The van der Waals surface area contributed by atoms with Crippen molar-refractivity contribution in [2.45, 2.75) is 26.0 Å². The molecular formula is C25H25NO6. The molecular weight excluding hydrogens is 410 g/mol. The lowest BCUT2D eigenvalue weighted by atomic mass is 9.95. The van der Waals surface area contributed by atoms with Crippen LogP contribution in [0.1, 0.15) is 36.0 Å². The second-order valence-electron chi connectivity index (χ2n) is 7.87. The number of hydrogen-bond donors (Lipinski definition) is 1. The Balaban J connectivity index is 1.79. The van der Waals surface area contributed by atoms with Crippen molar-refractivity contribution in [3.63, 3.8) is 0 Å². The van der Waals surface area contributed by atoms with Gasteiger partial charge in [-0.05, 0) is 43.7 Å². The maximum atomic E-state index is 13.5. The van der Waals surface area contributed by atoms with Crippen LogP contribution in [0.4, 0.5) is 0 Å². The molecule has 0 bridgehead atoms. The average Bonchev–Trinajstić information content (AvgIpc) is 3.31. The summed E-state index contributed by atoms with van der Waals surface area (Å²) in [5.74, 6) is -1.06. The Labute approximate surface area is 185 Å². The highest BCUT2D eigenvalue weighted by Crippen LogP contribution is 2.40. The van der Waals surface area contributed by atoms with Crippen molar-refractivity contribution >= 4 is 22.7 Å². The molecule has 1 aromatic heterocycles. The van der Waals surface area contributed by atoms with Crippen LogP contribution in [-0.4, -0.2) is 48.1 Å². The van der Waals surface area contributed by atoms with E-state index in [4.69, 9.17) is 13.9 Å². The number of para-hydroxylation sites is 1. The van der Waals surface area contributed by atoms with Crippen LogP contribution in [0.3, 0.4) is 0 Å². The number of carbonyl (C=O) groups excluding carboxylic acids is 2. The Kier molecular flexibility index (Phi) is 6.01. The molecule has 1 aliphatic rings. The fourth-order valence-corrected chi connectivity index (χ4v) is 3.91. The zero-order valence-corrected chi connectivity index (χ0v) is 18.2. The maximum absolute atomic E-state index is 13.5. The predicted octanol–water partition coefficient (Wildman–Crippen LogP) is 4.44. The topological polar surface area (TPSA) is 89.2 Å². The monoisotopic (exact) mass is 435 g/mol. The first-order valence-corrected chi connectivity index (χ1v) is 10.4. The molecule has 2 heterocycles. The van der Waals surface area contributed by atoms with Gasteiger partial charge in [0.25, 0.3) is 5.91 Å². The van der Waals surface area contributed by atoms with Crippen LogP contribution in [0.2, 0.25) is 0 Å². The maximum Gasteiger partial charge on any atom is 0.290 e. The van der Waals surface area contributed by atoms with Crippen LogP contribution in [0.5, 0.6) is 5.75 Å². The molecule has 1 aliphatic heterocycles. The van der Waals surface area contributed by atoms with E-state index in [-0.39, 0.29) is 30.6 Å². The van der Waals surface area contributed by atoms with Gasteiger partial charge in [-0.25, -0.2) is 0 Å². The summed E-state index contributed by atoms with van der Waals surface area (Å²) in [6.07, 6.45) is -0.0411. The molecule has 166 valence electrons. The first-order valence-electron chi connectivity index (χ1n) is 10.4. The van der Waals surface area contributed by atoms with Crippen molar-refractivity contribution < 1.29 is 28.6 Å². The zero-order valence-electron chi connectivity index (χ0n) is 18.2. The molecule has 0 spiro atoms. The van der Waals surface area contributed by atoms with Crippen molar-refractivity contribution in [1.82, 2.24) is 4.90 Å². The van der Waals surface area contributed by atoms with Gasteiger partial charge < -0.3 is 23.9 Å². The van der Waals surface area contributed by atoms with E-state index in [1.54, 1.807) is 30.3 Å². The summed E-state index contributed by atoms with van der Waals surface area (Å²) in [7, 11) is 1.53. The van der Waals surface area contributed by atoms with Gasteiger partial charge >= 0.3 is 0 Å². The number of fused-ring (bicyclic) bond motifs is 1. The Hall–Kier alpha value is -3.58. The summed E-state index contributed by atoms with van der Waals surface area (Å²) < 4.78 is 16.7. The van der Waals surface area contributed by atoms with Crippen LogP contribution in [0, 0.1) is 0 Å². The summed E-state index contributed by atoms with van der Waals surface area (Å²) in [4.78, 5) is 27.8. The molecule has 1 unspecified atom stereocenters. The molecule has 32 heavy (non-hydrogen) atoms. The standard InChI is InChI=1S/C25H25NO6/c1-15(2)31-18-9-6-8-17(13-18)22-21(24(28)25(29)26(22)11-12-30-3)23(27)20-14-16-7-4-5-10-19(16)32-20/h4-10,13-15,22,28H,11-12H2,1-3H3. The molecule has 4 rings (SSSR count). The fraction of sp³-hybridized carbons (Fsp3) is 0.280. The van der Waals surface area contributed by atoms with E-state index in [0.717, 1.165) is 5.39 Å². The largest absolute Gasteiger partial charge is 0.503 e. The number of furan rings is 1. The van der Waals surface area contributed by atoms with Crippen molar-refractivity contribution in [3.05, 3.63) is 77.3 Å². The van der Waals surface area contributed by atoms with Gasteiger partial charge in [0.1, 0.15) is 11.3 Å². The number of nitrogens with zero attached hydrogens (tertiary/aromatic N) is 1. The Morgan fingerprint density at radius 3 is 2.66 bits per heavy atom. The van der Waals surface area contributed by atoms with Crippen molar-refractivity contribution in [3.8, 4) is 5.75 Å². The Bertz CT molecular complexity index is 1160. The molecule has 3 aromatic rings. The molecule has 0 aliphatic carbocycles. The molecule has 7 nitrogen and oxygen atoms in total. The highest BCUT2D eigenvalue weighted by Gasteiger charge is 2.44. The highest BCUT2D eigenvalue weighted by atomic mass is 16.5. The van der Waals surface area contributed by atoms with Gasteiger partial charge in [-0.1, -0.05) is 30.3 Å². The van der Waals surface area contributed by atoms with Gasteiger partial charge in [-0.2, -0.15) is 0 Å². The number of amides is 1. The Morgan fingerprint density at radius 1 is 1.16 bits per heavy atom. The number of ketones is 1. The first kappa shape index (κ1) is 21.6. The number of rotatable bonds is 8. The lowest BCUT2D eigenvalue weighted by Gasteiger charge is -2.26. The van der Waals surface area contributed by atoms with E-state index >= 15 is 0 Å². The third-order valence-corrected chi connectivity index (χ3v) is 5.28. The first-order chi connectivity index (χ1) is 15.4. The quantitative estimate of drug-likeness (QED) is 0.526. The summed E-state index contributed by atoms with van der Waals surface area (Å²) in [6, 6.07) is 15.3. The number of hydrogen-bond acceptors (Lipinski definition) is 6. The molecule has 0 saturated heterocycles.